The van der Waals surface area contributed by atoms with Crippen LogP contribution in [0.1, 0.15) is 30.5 Å². The molecule has 0 aliphatic heterocycles. The molecule has 9 heteroatoms. The van der Waals surface area contributed by atoms with Gasteiger partial charge in [0.2, 0.25) is 0 Å². The smallest absolute Gasteiger partial charge is 0.416 e. The van der Waals surface area contributed by atoms with Gasteiger partial charge in [-0.1, -0.05) is 6.07 Å². The van der Waals surface area contributed by atoms with Crippen LogP contribution in [0.15, 0.2) is 30.6 Å². The average molecular weight is 425 g/mol. The Balaban J connectivity index is 0.00000338. The second kappa shape index (κ2) is 10.4. The zero-order chi connectivity index (χ0) is 18.6. The summed E-state index contributed by atoms with van der Waals surface area (Å²) in [6.45, 7) is 5.11. The standard InChI is InChI=1S/C18H19F3N2O2.2ClH/c1-4-23-17-11(2)16(18(19,20)21)6-5-15(17)14-7-13(8-22-9-14)10-25-12(3)24;;/h5-9,23H,4,10H2,1-3H3;2*1H. The molecule has 0 fully saturated rings. The molecule has 4 nitrogen and oxygen atoms in total. The molecule has 150 valence electrons. The SMILES string of the molecule is CCNc1c(-c2cncc(COC(C)=O)c2)ccc(C(F)(F)F)c1C.Cl.Cl. The third kappa shape index (κ3) is 6.29. The number of carbonyl (C=O) groups is 1. The van der Waals surface area contributed by atoms with E-state index in [2.05, 4.69) is 10.3 Å². The Morgan fingerprint density at radius 2 is 1.89 bits per heavy atom. The largest absolute Gasteiger partial charge is 0.461 e. The van der Waals surface area contributed by atoms with Crippen molar-refractivity contribution < 1.29 is 22.7 Å². The van der Waals surface area contributed by atoms with Crippen LogP contribution < -0.4 is 5.32 Å². The molecule has 1 aromatic heterocycles. The topological polar surface area (TPSA) is 51.2 Å². The van der Waals surface area contributed by atoms with Crippen molar-refractivity contribution in [1.82, 2.24) is 4.98 Å². The number of ether oxygens (including phenoxy) is 1. The van der Waals surface area contributed by atoms with Gasteiger partial charge in [0.1, 0.15) is 6.61 Å². The minimum atomic E-state index is -4.41. The van der Waals surface area contributed by atoms with Crippen LogP contribution in [-0.4, -0.2) is 17.5 Å². The van der Waals surface area contributed by atoms with Crippen molar-refractivity contribution in [3.05, 3.63) is 47.3 Å². The van der Waals surface area contributed by atoms with Gasteiger partial charge in [-0.15, -0.1) is 24.8 Å². The fourth-order valence-electron chi connectivity index (χ4n) is 2.56. The van der Waals surface area contributed by atoms with E-state index >= 15 is 0 Å². The summed E-state index contributed by atoms with van der Waals surface area (Å²) in [4.78, 5) is 15.0. The van der Waals surface area contributed by atoms with Crippen LogP contribution in [0.3, 0.4) is 0 Å². The van der Waals surface area contributed by atoms with Crippen LogP contribution in [-0.2, 0) is 22.3 Å². The van der Waals surface area contributed by atoms with Gasteiger partial charge in [-0.05, 0) is 31.5 Å². The number of hydrogen-bond donors (Lipinski definition) is 1. The molecule has 27 heavy (non-hydrogen) atoms. The molecule has 0 amide bonds. The highest BCUT2D eigenvalue weighted by molar-refractivity contribution is 5.85. The number of rotatable bonds is 5. The summed E-state index contributed by atoms with van der Waals surface area (Å²) in [7, 11) is 0. The molecule has 2 rings (SSSR count). The molecule has 0 saturated heterocycles. The van der Waals surface area contributed by atoms with E-state index < -0.39 is 17.7 Å². The molecule has 0 radical (unpaired) electrons. The number of pyridine rings is 1. The number of anilines is 1. The molecule has 0 unspecified atom stereocenters. The van der Waals surface area contributed by atoms with Crippen LogP contribution in [0, 0.1) is 6.92 Å². The third-order valence-electron chi connectivity index (χ3n) is 3.67. The summed E-state index contributed by atoms with van der Waals surface area (Å²) >= 11 is 0. The first-order chi connectivity index (χ1) is 11.7. The molecule has 1 heterocycles. The summed E-state index contributed by atoms with van der Waals surface area (Å²) < 4.78 is 44.4. The Labute approximate surface area is 168 Å². The molecule has 1 N–H and O–H groups in total. The van der Waals surface area contributed by atoms with Crippen molar-refractivity contribution in [2.24, 2.45) is 0 Å². The third-order valence-corrected chi connectivity index (χ3v) is 3.67. The molecular weight excluding hydrogens is 404 g/mol. The number of hydrogen-bond acceptors (Lipinski definition) is 4. The van der Waals surface area contributed by atoms with E-state index in [1.807, 2.05) is 6.92 Å². The molecule has 0 aliphatic carbocycles. The zero-order valence-corrected chi connectivity index (χ0v) is 16.6. The van der Waals surface area contributed by atoms with Crippen LogP contribution in [0.25, 0.3) is 11.1 Å². The normalized spacial score (nSPS) is 10.4. The van der Waals surface area contributed by atoms with E-state index in [9.17, 15) is 18.0 Å². The van der Waals surface area contributed by atoms with Gasteiger partial charge in [-0.25, -0.2) is 0 Å². The highest BCUT2D eigenvalue weighted by Crippen LogP contribution is 2.39. The number of nitrogens with zero attached hydrogens (tertiary/aromatic N) is 1. The Morgan fingerprint density at radius 1 is 1.22 bits per heavy atom. The number of aromatic nitrogens is 1. The predicted octanol–water partition coefficient (Wildman–Crippen LogP) is 5.41. The lowest BCUT2D eigenvalue weighted by Crippen LogP contribution is -2.11. The van der Waals surface area contributed by atoms with Crippen molar-refractivity contribution in [2.45, 2.75) is 33.6 Å². The molecular formula is C18H21Cl2F3N2O2. The molecule has 0 bridgehead atoms. The van der Waals surface area contributed by atoms with Gasteiger partial charge in [0, 0.05) is 48.2 Å². The van der Waals surface area contributed by atoms with Gasteiger partial charge in [0.05, 0.1) is 5.56 Å². The monoisotopic (exact) mass is 424 g/mol. The van der Waals surface area contributed by atoms with Crippen molar-refractivity contribution in [2.75, 3.05) is 11.9 Å². The van der Waals surface area contributed by atoms with Gasteiger partial charge >= 0.3 is 12.1 Å². The van der Waals surface area contributed by atoms with Gasteiger partial charge < -0.3 is 10.1 Å². The van der Waals surface area contributed by atoms with E-state index in [-0.39, 0.29) is 37.0 Å². The van der Waals surface area contributed by atoms with Gasteiger partial charge in [-0.3, -0.25) is 9.78 Å². The first-order valence-electron chi connectivity index (χ1n) is 7.76. The Kier molecular flexibility index (Phi) is 9.61. The number of alkyl halides is 3. The summed E-state index contributed by atoms with van der Waals surface area (Å²) in [5, 5.41) is 3.01. The van der Waals surface area contributed by atoms with Crippen LogP contribution >= 0.6 is 24.8 Å². The summed E-state index contributed by atoms with van der Waals surface area (Å²) in [6, 6.07) is 4.25. The van der Waals surface area contributed by atoms with Gasteiger partial charge in [-0.2, -0.15) is 13.2 Å². The number of esters is 1. The Bertz CT molecular complexity index is 784. The molecule has 0 spiro atoms. The van der Waals surface area contributed by atoms with Crippen LogP contribution in [0.5, 0.6) is 0 Å². The maximum atomic E-state index is 13.2. The van der Waals surface area contributed by atoms with Crippen molar-refractivity contribution in [3.8, 4) is 11.1 Å². The van der Waals surface area contributed by atoms with Crippen molar-refractivity contribution in [1.29, 1.82) is 0 Å². The van der Waals surface area contributed by atoms with E-state index in [1.54, 1.807) is 18.5 Å². The lowest BCUT2D eigenvalue weighted by Gasteiger charge is -2.19. The van der Waals surface area contributed by atoms with Crippen LogP contribution in [0.2, 0.25) is 0 Å². The van der Waals surface area contributed by atoms with E-state index in [4.69, 9.17) is 4.74 Å². The Hall–Kier alpha value is -1.99. The quantitative estimate of drug-likeness (QED) is 0.651. The van der Waals surface area contributed by atoms with E-state index in [0.717, 1.165) is 6.07 Å². The molecule has 2 aromatic rings. The van der Waals surface area contributed by atoms with Crippen LogP contribution in [0.4, 0.5) is 18.9 Å². The number of nitrogens with one attached hydrogen (secondary N) is 1. The van der Waals surface area contributed by atoms with E-state index in [0.29, 0.717) is 28.9 Å². The first kappa shape index (κ1) is 25.0. The lowest BCUT2D eigenvalue weighted by atomic mass is 9.96. The van der Waals surface area contributed by atoms with Gasteiger partial charge in [0.15, 0.2) is 0 Å². The maximum absolute atomic E-state index is 13.2. The predicted molar refractivity (Wildman–Crippen MR) is 104 cm³/mol. The van der Waals surface area contributed by atoms with Crippen molar-refractivity contribution >= 4 is 36.5 Å². The zero-order valence-electron chi connectivity index (χ0n) is 15.0. The first-order valence-corrected chi connectivity index (χ1v) is 7.76. The maximum Gasteiger partial charge on any atom is 0.416 e. The average Bonchev–Trinajstić information content (AvgIpc) is 2.54. The fourth-order valence-corrected chi connectivity index (χ4v) is 2.56. The second-order valence-corrected chi connectivity index (χ2v) is 5.55. The lowest BCUT2D eigenvalue weighted by molar-refractivity contribution is -0.142. The molecule has 0 aliphatic rings. The second-order valence-electron chi connectivity index (χ2n) is 5.55. The molecule has 0 atom stereocenters. The summed E-state index contributed by atoms with van der Waals surface area (Å²) in [5.74, 6) is -0.413. The van der Waals surface area contributed by atoms with Crippen molar-refractivity contribution in [3.63, 3.8) is 0 Å². The minimum Gasteiger partial charge on any atom is -0.461 e. The minimum absolute atomic E-state index is 0. The van der Waals surface area contributed by atoms with Gasteiger partial charge in [0.25, 0.3) is 0 Å². The highest BCUT2D eigenvalue weighted by atomic mass is 35.5. The summed E-state index contributed by atoms with van der Waals surface area (Å²) in [5.41, 5.74) is 1.81. The van der Waals surface area contributed by atoms with E-state index in [1.165, 1.54) is 19.9 Å². The highest BCUT2D eigenvalue weighted by Gasteiger charge is 2.33. The molecule has 0 saturated carbocycles. The number of carbonyl (C=O) groups excluding carboxylic acids is 1. The number of benzene rings is 1. The summed E-state index contributed by atoms with van der Waals surface area (Å²) in [6.07, 6.45) is -1.29. The Morgan fingerprint density at radius 3 is 2.44 bits per heavy atom. The fraction of sp³-hybridized carbons (Fsp3) is 0.333. The molecule has 1 aromatic carbocycles. The number of halogens is 5.